The number of rotatable bonds is 2. The zero-order valence-corrected chi connectivity index (χ0v) is 13.0. The first-order valence-corrected chi connectivity index (χ1v) is 8.26. The first kappa shape index (κ1) is 15.7. The van der Waals surface area contributed by atoms with Crippen molar-refractivity contribution in [3.8, 4) is 0 Å². The van der Waals surface area contributed by atoms with Gasteiger partial charge in [-0.3, -0.25) is 0 Å². The lowest BCUT2D eigenvalue weighted by molar-refractivity contribution is -0.141. The van der Waals surface area contributed by atoms with Crippen molar-refractivity contribution < 1.29 is 21.6 Å². The van der Waals surface area contributed by atoms with E-state index in [-0.39, 0.29) is 21.6 Å². The second-order valence-electron chi connectivity index (χ2n) is 6.11. The minimum atomic E-state index is -4.59. The highest BCUT2D eigenvalue weighted by Crippen LogP contribution is 2.39. The van der Waals surface area contributed by atoms with E-state index < -0.39 is 21.9 Å². The molecule has 0 unspecified atom stereocenters. The lowest BCUT2D eigenvalue weighted by Gasteiger charge is -2.55. The summed E-state index contributed by atoms with van der Waals surface area (Å²) < 4.78 is 64.8. The number of hydrogen-bond acceptors (Lipinski definition) is 4. The van der Waals surface area contributed by atoms with Gasteiger partial charge in [-0.25, -0.2) is 13.4 Å². The normalized spacial score (nSPS) is 21.5. The lowest BCUT2D eigenvalue weighted by Crippen LogP contribution is -2.71. The van der Waals surface area contributed by atoms with Gasteiger partial charge < -0.3 is 5.32 Å². The number of aromatic nitrogens is 1. The van der Waals surface area contributed by atoms with Gasteiger partial charge in [-0.15, -0.1) is 0 Å². The Morgan fingerprint density at radius 2 is 1.86 bits per heavy atom. The summed E-state index contributed by atoms with van der Waals surface area (Å²) in [4.78, 5) is 3.33. The highest BCUT2D eigenvalue weighted by atomic mass is 32.2. The molecule has 0 bridgehead atoms. The molecule has 2 aliphatic heterocycles. The van der Waals surface area contributed by atoms with Gasteiger partial charge in [0.1, 0.15) is 10.6 Å². The van der Waals surface area contributed by atoms with Crippen LogP contribution in [0.4, 0.5) is 13.2 Å². The zero-order valence-electron chi connectivity index (χ0n) is 12.2. The maximum absolute atomic E-state index is 12.7. The molecule has 122 valence electrons. The van der Waals surface area contributed by atoms with Crippen LogP contribution in [0.2, 0.25) is 0 Å². The molecule has 0 saturated carbocycles. The van der Waals surface area contributed by atoms with Crippen molar-refractivity contribution in [3.05, 3.63) is 23.0 Å². The van der Waals surface area contributed by atoms with E-state index in [9.17, 15) is 21.6 Å². The molecule has 0 aromatic carbocycles. The molecule has 2 fully saturated rings. The van der Waals surface area contributed by atoms with Crippen LogP contribution in [-0.4, -0.2) is 43.9 Å². The summed E-state index contributed by atoms with van der Waals surface area (Å²) >= 11 is 0. The highest BCUT2D eigenvalue weighted by Gasteiger charge is 2.52. The number of sulfonamides is 1. The number of nitrogens with one attached hydrogen (secondary N) is 1. The van der Waals surface area contributed by atoms with Gasteiger partial charge in [0.25, 0.3) is 0 Å². The number of nitrogens with zero attached hydrogens (tertiary/aromatic N) is 2. The van der Waals surface area contributed by atoms with Crippen molar-refractivity contribution in [2.24, 2.45) is 5.41 Å². The molecular weight excluding hydrogens is 319 g/mol. The predicted octanol–water partition coefficient (Wildman–Crippen LogP) is 1.31. The van der Waals surface area contributed by atoms with E-state index in [1.165, 1.54) is 18.2 Å². The van der Waals surface area contributed by atoms with Gasteiger partial charge in [-0.2, -0.15) is 17.5 Å². The Labute approximate surface area is 126 Å². The number of pyridine rings is 1. The Hall–Kier alpha value is -1.19. The van der Waals surface area contributed by atoms with Crippen LogP contribution in [-0.2, 0) is 16.2 Å². The topological polar surface area (TPSA) is 62.3 Å². The second kappa shape index (κ2) is 4.65. The van der Waals surface area contributed by atoms with E-state index in [0.717, 1.165) is 19.2 Å². The molecule has 1 aromatic rings. The first-order valence-electron chi connectivity index (χ1n) is 6.82. The van der Waals surface area contributed by atoms with E-state index in [1.807, 2.05) is 0 Å². The van der Waals surface area contributed by atoms with E-state index in [4.69, 9.17) is 0 Å². The molecule has 22 heavy (non-hydrogen) atoms. The van der Waals surface area contributed by atoms with E-state index in [2.05, 4.69) is 10.3 Å². The quantitative estimate of drug-likeness (QED) is 0.885. The van der Waals surface area contributed by atoms with Crippen molar-refractivity contribution >= 4 is 10.0 Å². The van der Waals surface area contributed by atoms with Crippen LogP contribution >= 0.6 is 0 Å². The molecule has 3 heterocycles. The van der Waals surface area contributed by atoms with Gasteiger partial charge >= 0.3 is 6.18 Å². The largest absolute Gasteiger partial charge is 0.433 e. The van der Waals surface area contributed by atoms with Crippen molar-refractivity contribution in [3.63, 3.8) is 0 Å². The van der Waals surface area contributed by atoms with Crippen LogP contribution in [0.15, 0.2) is 11.0 Å². The molecule has 5 nitrogen and oxygen atoms in total. The van der Waals surface area contributed by atoms with Gasteiger partial charge in [0.15, 0.2) is 0 Å². The highest BCUT2D eigenvalue weighted by molar-refractivity contribution is 7.89. The third-order valence-corrected chi connectivity index (χ3v) is 6.31. The van der Waals surface area contributed by atoms with E-state index >= 15 is 0 Å². The molecular formula is C13H16F3N3O2S. The summed E-state index contributed by atoms with van der Waals surface area (Å²) in [7, 11) is -3.80. The van der Waals surface area contributed by atoms with Crippen molar-refractivity contribution in [1.29, 1.82) is 0 Å². The Balaban J connectivity index is 1.94. The zero-order chi connectivity index (χ0) is 16.3. The Morgan fingerprint density at radius 3 is 2.27 bits per heavy atom. The monoisotopic (exact) mass is 335 g/mol. The van der Waals surface area contributed by atoms with Crippen LogP contribution in [0.25, 0.3) is 0 Å². The fourth-order valence-electron chi connectivity index (χ4n) is 3.06. The number of halogens is 3. The minimum absolute atomic E-state index is 0.00815. The van der Waals surface area contributed by atoms with Gasteiger partial charge in [0, 0.05) is 31.6 Å². The molecule has 9 heteroatoms. The van der Waals surface area contributed by atoms with Crippen molar-refractivity contribution in [2.45, 2.75) is 24.9 Å². The van der Waals surface area contributed by atoms with Crippen molar-refractivity contribution in [1.82, 2.24) is 14.6 Å². The minimum Gasteiger partial charge on any atom is -0.315 e. The Kier molecular flexibility index (Phi) is 3.32. The molecule has 0 amide bonds. The third-order valence-electron chi connectivity index (χ3n) is 4.24. The Morgan fingerprint density at radius 1 is 1.27 bits per heavy atom. The second-order valence-corrected chi connectivity index (χ2v) is 7.99. The summed E-state index contributed by atoms with van der Waals surface area (Å²) in [6, 6.07) is 0.792. The molecule has 3 rings (SSSR count). The van der Waals surface area contributed by atoms with Crippen LogP contribution in [0.3, 0.4) is 0 Å². The SMILES string of the molecule is Cc1cc(C(F)(F)F)nc(C)c1S(=O)(=O)N1CC2(CNC2)C1. The first-order chi connectivity index (χ1) is 10.1. The third kappa shape index (κ3) is 2.31. The maximum Gasteiger partial charge on any atom is 0.433 e. The summed E-state index contributed by atoms with van der Waals surface area (Å²) in [5, 5.41) is 3.10. The number of hydrogen-bond donors (Lipinski definition) is 1. The van der Waals surface area contributed by atoms with Crippen LogP contribution < -0.4 is 5.32 Å². The van der Waals surface area contributed by atoms with E-state index in [0.29, 0.717) is 13.1 Å². The summed E-state index contributed by atoms with van der Waals surface area (Å²) in [6.45, 7) is 5.04. The molecule has 1 spiro atoms. The fourth-order valence-corrected chi connectivity index (χ4v) is 5.09. The van der Waals surface area contributed by atoms with Crippen LogP contribution in [0.5, 0.6) is 0 Å². The van der Waals surface area contributed by atoms with Crippen LogP contribution in [0.1, 0.15) is 17.0 Å². The smallest absolute Gasteiger partial charge is 0.315 e. The number of aryl methyl sites for hydroxylation is 2. The van der Waals surface area contributed by atoms with Gasteiger partial charge in [-0.05, 0) is 25.5 Å². The van der Waals surface area contributed by atoms with Gasteiger partial charge in [0.2, 0.25) is 10.0 Å². The molecule has 0 atom stereocenters. The molecule has 0 aliphatic carbocycles. The fraction of sp³-hybridized carbons (Fsp3) is 0.615. The van der Waals surface area contributed by atoms with Gasteiger partial charge in [-0.1, -0.05) is 0 Å². The maximum atomic E-state index is 12.7. The molecule has 1 aromatic heterocycles. The molecule has 1 N–H and O–H groups in total. The lowest BCUT2D eigenvalue weighted by atomic mass is 9.76. The van der Waals surface area contributed by atoms with Gasteiger partial charge in [0.05, 0.1) is 5.69 Å². The standard InChI is InChI=1S/C13H16F3N3O2S/c1-8-3-10(13(14,15)16)18-9(2)11(8)22(20,21)19-6-12(7-19)4-17-5-12/h3,17H,4-7H2,1-2H3. The summed E-state index contributed by atoms with van der Waals surface area (Å²) in [5.41, 5.74) is -1.09. The summed E-state index contributed by atoms with van der Waals surface area (Å²) in [6.07, 6.45) is -4.59. The molecule has 2 saturated heterocycles. The van der Waals surface area contributed by atoms with Crippen LogP contribution in [0, 0.1) is 19.3 Å². The average molecular weight is 335 g/mol. The summed E-state index contributed by atoms with van der Waals surface area (Å²) in [5.74, 6) is 0. The molecule has 2 aliphatic rings. The average Bonchev–Trinajstić information content (AvgIpc) is 2.21. The van der Waals surface area contributed by atoms with E-state index in [1.54, 1.807) is 0 Å². The Bertz CT molecular complexity index is 696. The number of alkyl halides is 3. The molecule has 0 radical (unpaired) electrons. The predicted molar refractivity (Wildman–Crippen MR) is 72.8 cm³/mol. The van der Waals surface area contributed by atoms with Crippen molar-refractivity contribution in [2.75, 3.05) is 26.2 Å².